The fourth-order valence-corrected chi connectivity index (χ4v) is 3.95. The molecule has 2 aromatic rings. The van der Waals surface area contributed by atoms with Gasteiger partial charge in [0, 0.05) is 25.0 Å². The van der Waals surface area contributed by atoms with Crippen LogP contribution in [0.3, 0.4) is 0 Å². The maximum atomic E-state index is 12.6. The molecule has 5 nitrogen and oxygen atoms in total. The van der Waals surface area contributed by atoms with Gasteiger partial charge in [-0.1, -0.05) is 30.0 Å². The van der Waals surface area contributed by atoms with E-state index < -0.39 is 0 Å². The van der Waals surface area contributed by atoms with E-state index in [1.165, 1.54) is 0 Å². The molecular weight excluding hydrogens is 308 g/mol. The number of carbonyl (C=O) groups is 1. The number of hydrogen-bond donors (Lipinski definition) is 1. The second-order valence-corrected chi connectivity index (χ2v) is 6.74. The molecule has 1 amide bonds. The van der Waals surface area contributed by atoms with Gasteiger partial charge in [-0.05, 0) is 36.8 Å². The van der Waals surface area contributed by atoms with Gasteiger partial charge in [0.15, 0.2) is 5.16 Å². The lowest BCUT2D eigenvalue weighted by Gasteiger charge is -2.38. The number of anilines is 2. The zero-order valence-electron chi connectivity index (χ0n) is 13.0. The lowest BCUT2D eigenvalue weighted by atomic mass is 9.74. The van der Waals surface area contributed by atoms with Gasteiger partial charge >= 0.3 is 0 Å². The Morgan fingerprint density at radius 1 is 1.22 bits per heavy atom. The van der Waals surface area contributed by atoms with E-state index in [2.05, 4.69) is 26.3 Å². The standard InChI is InChI=1S/C17H18N4OS/c1-23-16-18-9-6-14(20-16)21-10-7-17(8-11-21)12-4-2-3-5-13(12)19-15(17)22/h2-6,9H,7-8,10-11H2,1H3,(H,19,22). The minimum absolute atomic E-state index is 0.144. The molecule has 2 aliphatic rings. The van der Waals surface area contributed by atoms with Crippen LogP contribution in [0.15, 0.2) is 41.7 Å². The number of thioether (sulfide) groups is 1. The van der Waals surface area contributed by atoms with Gasteiger partial charge in [0.1, 0.15) is 5.82 Å². The number of carbonyl (C=O) groups excluding carboxylic acids is 1. The van der Waals surface area contributed by atoms with E-state index in [0.29, 0.717) is 0 Å². The van der Waals surface area contributed by atoms with Gasteiger partial charge in [-0.3, -0.25) is 4.79 Å². The third kappa shape index (κ3) is 2.28. The number of para-hydroxylation sites is 1. The molecule has 6 heteroatoms. The average molecular weight is 326 g/mol. The number of rotatable bonds is 2. The maximum absolute atomic E-state index is 12.6. The summed E-state index contributed by atoms with van der Waals surface area (Å²) in [4.78, 5) is 23.6. The van der Waals surface area contributed by atoms with Crippen molar-refractivity contribution < 1.29 is 4.79 Å². The van der Waals surface area contributed by atoms with Crippen LogP contribution in [0.4, 0.5) is 11.5 Å². The molecule has 0 bridgehead atoms. The molecule has 0 unspecified atom stereocenters. The summed E-state index contributed by atoms with van der Waals surface area (Å²) in [7, 11) is 0. The number of piperidine rings is 1. The highest BCUT2D eigenvalue weighted by molar-refractivity contribution is 7.98. The van der Waals surface area contributed by atoms with Crippen molar-refractivity contribution in [1.29, 1.82) is 0 Å². The molecular formula is C17H18N4OS. The van der Waals surface area contributed by atoms with E-state index in [1.54, 1.807) is 18.0 Å². The van der Waals surface area contributed by atoms with Gasteiger partial charge in [0.2, 0.25) is 5.91 Å². The summed E-state index contributed by atoms with van der Waals surface area (Å²) in [5.41, 5.74) is 1.75. The normalized spacial score (nSPS) is 18.8. The van der Waals surface area contributed by atoms with E-state index in [0.717, 1.165) is 48.2 Å². The first kappa shape index (κ1) is 14.5. The highest BCUT2D eigenvalue weighted by Gasteiger charge is 2.48. The first-order valence-electron chi connectivity index (χ1n) is 7.76. The molecule has 0 aliphatic carbocycles. The van der Waals surface area contributed by atoms with Crippen LogP contribution in [-0.2, 0) is 10.2 Å². The van der Waals surface area contributed by atoms with Crippen molar-refractivity contribution in [2.45, 2.75) is 23.4 Å². The molecule has 0 saturated carbocycles. The molecule has 23 heavy (non-hydrogen) atoms. The van der Waals surface area contributed by atoms with Crippen LogP contribution in [0.25, 0.3) is 0 Å². The summed E-state index contributed by atoms with van der Waals surface area (Å²) in [5.74, 6) is 1.09. The van der Waals surface area contributed by atoms with Crippen LogP contribution in [0.1, 0.15) is 18.4 Å². The maximum Gasteiger partial charge on any atom is 0.235 e. The number of aromatic nitrogens is 2. The number of fused-ring (bicyclic) bond motifs is 2. The van der Waals surface area contributed by atoms with Gasteiger partial charge in [-0.15, -0.1) is 0 Å². The number of nitrogens with one attached hydrogen (secondary N) is 1. The third-order valence-corrected chi connectivity index (χ3v) is 5.43. The fraction of sp³-hybridized carbons (Fsp3) is 0.353. The highest BCUT2D eigenvalue weighted by Crippen LogP contribution is 2.45. The Hall–Kier alpha value is -2.08. The van der Waals surface area contributed by atoms with Gasteiger partial charge in [0.25, 0.3) is 0 Å². The summed E-state index contributed by atoms with van der Waals surface area (Å²) < 4.78 is 0. The summed E-state index contributed by atoms with van der Waals surface area (Å²) in [6.45, 7) is 1.65. The lowest BCUT2D eigenvalue weighted by molar-refractivity contribution is -0.121. The zero-order chi connectivity index (χ0) is 15.9. The Balaban J connectivity index is 1.58. The summed E-state index contributed by atoms with van der Waals surface area (Å²) in [6.07, 6.45) is 5.41. The SMILES string of the molecule is CSc1nccc(N2CCC3(CC2)C(=O)Nc2ccccc23)n1. The van der Waals surface area contributed by atoms with Crippen molar-refractivity contribution in [2.24, 2.45) is 0 Å². The van der Waals surface area contributed by atoms with Crippen LogP contribution in [0, 0.1) is 0 Å². The Kier molecular flexibility index (Phi) is 3.49. The molecule has 1 fully saturated rings. The molecule has 4 rings (SSSR count). The quantitative estimate of drug-likeness (QED) is 0.679. The number of benzene rings is 1. The van der Waals surface area contributed by atoms with Gasteiger partial charge in [-0.2, -0.15) is 0 Å². The fourth-order valence-electron chi connectivity index (χ4n) is 3.59. The van der Waals surface area contributed by atoms with Gasteiger partial charge in [0.05, 0.1) is 5.41 Å². The van der Waals surface area contributed by atoms with Crippen molar-refractivity contribution in [3.8, 4) is 0 Å². The predicted molar refractivity (Wildman–Crippen MR) is 92.0 cm³/mol. The molecule has 0 atom stereocenters. The summed E-state index contributed by atoms with van der Waals surface area (Å²) >= 11 is 1.54. The average Bonchev–Trinajstić information content (AvgIpc) is 2.88. The zero-order valence-corrected chi connectivity index (χ0v) is 13.8. The number of amides is 1. The largest absolute Gasteiger partial charge is 0.356 e. The van der Waals surface area contributed by atoms with Crippen molar-refractivity contribution in [1.82, 2.24) is 9.97 Å². The van der Waals surface area contributed by atoms with E-state index in [4.69, 9.17) is 0 Å². The number of nitrogens with zero attached hydrogens (tertiary/aromatic N) is 3. The number of hydrogen-bond acceptors (Lipinski definition) is 5. The van der Waals surface area contributed by atoms with E-state index in [1.807, 2.05) is 30.5 Å². The molecule has 0 radical (unpaired) electrons. The lowest BCUT2D eigenvalue weighted by Crippen LogP contribution is -2.46. The molecule has 118 valence electrons. The van der Waals surface area contributed by atoms with Crippen molar-refractivity contribution >= 4 is 29.2 Å². The molecule has 1 N–H and O–H groups in total. The van der Waals surface area contributed by atoms with Crippen LogP contribution in [0.2, 0.25) is 0 Å². The van der Waals surface area contributed by atoms with Gasteiger partial charge < -0.3 is 10.2 Å². The first-order valence-corrected chi connectivity index (χ1v) is 8.98. The molecule has 1 aromatic carbocycles. The van der Waals surface area contributed by atoms with Crippen LogP contribution >= 0.6 is 11.8 Å². The van der Waals surface area contributed by atoms with Gasteiger partial charge in [-0.25, -0.2) is 9.97 Å². The van der Waals surface area contributed by atoms with Crippen LogP contribution in [-0.4, -0.2) is 35.2 Å². The highest BCUT2D eigenvalue weighted by atomic mass is 32.2. The Morgan fingerprint density at radius 3 is 2.78 bits per heavy atom. The monoisotopic (exact) mass is 326 g/mol. The summed E-state index contributed by atoms with van der Waals surface area (Å²) in [6, 6.07) is 10.0. The minimum Gasteiger partial charge on any atom is -0.356 e. The minimum atomic E-state index is -0.373. The van der Waals surface area contributed by atoms with E-state index in [9.17, 15) is 4.79 Å². The summed E-state index contributed by atoms with van der Waals surface area (Å²) in [5, 5.41) is 3.83. The topological polar surface area (TPSA) is 58.1 Å². The molecule has 1 saturated heterocycles. The second kappa shape index (κ2) is 5.53. The van der Waals surface area contributed by atoms with Crippen LogP contribution in [0.5, 0.6) is 0 Å². The van der Waals surface area contributed by atoms with E-state index >= 15 is 0 Å². The van der Waals surface area contributed by atoms with Crippen molar-refractivity contribution in [2.75, 3.05) is 29.6 Å². The molecule has 2 aliphatic heterocycles. The van der Waals surface area contributed by atoms with E-state index in [-0.39, 0.29) is 11.3 Å². The first-order chi connectivity index (χ1) is 11.2. The van der Waals surface area contributed by atoms with Crippen LogP contribution < -0.4 is 10.2 Å². The Morgan fingerprint density at radius 2 is 2.00 bits per heavy atom. The second-order valence-electron chi connectivity index (χ2n) is 5.97. The molecule has 1 spiro atoms. The molecule has 1 aromatic heterocycles. The van der Waals surface area contributed by atoms with Crippen molar-refractivity contribution in [3.63, 3.8) is 0 Å². The molecule has 3 heterocycles. The smallest absolute Gasteiger partial charge is 0.235 e. The Bertz CT molecular complexity index is 756. The van der Waals surface area contributed by atoms with Crippen molar-refractivity contribution in [3.05, 3.63) is 42.1 Å². The Labute approximate surface area is 139 Å². The third-order valence-electron chi connectivity index (χ3n) is 4.87. The predicted octanol–water partition coefficient (Wildman–Crippen LogP) is 2.69.